The Morgan fingerprint density at radius 2 is 1.70 bits per heavy atom. The first kappa shape index (κ1) is 14.0. The molecule has 0 bridgehead atoms. The molecule has 2 aromatic rings. The van der Waals surface area contributed by atoms with Crippen molar-refractivity contribution in [2.45, 2.75) is 19.9 Å². The molecule has 1 aromatic heterocycles. The Labute approximate surface area is 118 Å². The molecule has 0 unspecified atom stereocenters. The summed E-state index contributed by atoms with van der Waals surface area (Å²) < 4.78 is 5.09. The monoisotopic (exact) mass is 273 g/mol. The summed E-state index contributed by atoms with van der Waals surface area (Å²) in [5, 5.41) is 6.30. The molecule has 20 heavy (non-hydrogen) atoms. The molecule has 1 aromatic carbocycles. The van der Waals surface area contributed by atoms with Gasteiger partial charge in [0, 0.05) is 13.1 Å². The maximum atomic E-state index is 5.09. The van der Waals surface area contributed by atoms with Crippen LogP contribution < -0.4 is 15.4 Å². The van der Waals surface area contributed by atoms with Crippen LogP contribution in [0.3, 0.4) is 0 Å². The number of aromatic nitrogens is 3. The third-order valence-electron chi connectivity index (χ3n) is 2.62. The van der Waals surface area contributed by atoms with E-state index in [2.05, 4.69) is 32.5 Å². The number of hydrogen-bond donors (Lipinski definition) is 2. The Morgan fingerprint density at radius 3 is 2.35 bits per heavy atom. The molecule has 0 aliphatic heterocycles. The highest BCUT2D eigenvalue weighted by molar-refractivity contribution is 5.36. The fourth-order valence-electron chi connectivity index (χ4n) is 1.62. The van der Waals surface area contributed by atoms with E-state index in [0.717, 1.165) is 18.5 Å². The van der Waals surface area contributed by atoms with Crippen LogP contribution >= 0.6 is 0 Å². The van der Waals surface area contributed by atoms with E-state index >= 15 is 0 Å². The number of hydrogen-bond acceptors (Lipinski definition) is 6. The van der Waals surface area contributed by atoms with Crippen molar-refractivity contribution in [3.05, 3.63) is 35.9 Å². The minimum atomic E-state index is 0.300. The SMILES string of the molecule is CCCNc1nc(NCc2ccccc2)nc(OC)n1. The molecule has 0 aliphatic carbocycles. The van der Waals surface area contributed by atoms with Crippen molar-refractivity contribution in [3.8, 4) is 6.01 Å². The number of ether oxygens (including phenoxy) is 1. The van der Waals surface area contributed by atoms with Crippen molar-refractivity contribution in [3.63, 3.8) is 0 Å². The van der Waals surface area contributed by atoms with Crippen LogP contribution in [0.4, 0.5) is 11.9 Å². The molecule has 6 heteroatoms. The minimum absolute atomic E-state index is 0.300. The Bertz CT molecular complexity index is 532. The highest BCUT2D eigenvalue weighted by Gasteiger charge is 2.06. The minimum Gasteiger partial charge on any atom is -0.467 e. The highest BCUT2D eigenvalue weighted by atomic mass is 16.5. The van der Waals surface area contributed by atoms with E-state index < -0.39 is 0 Å². The third-order valence-corrected chi connectivity index (χ3v) is 2.62. The number of benzene rings is 1. The largest absolute Gasteiger partial charge is 0.467 e. The summed E-state index contributed by atoms with van der Waals surface area (Å²) in [4.78, 5) is 12.6. The molecule has 0 aliphatic rings. The van der Waals surface area contributed by atoms with Crippen LogP contribution in [-0.4, -0.2) is 28.6 Å². The molecule has 0 saturated carbocycles. The van der Waals surface area contributed by atoms with E-state index in [1.807, 2.05) is 30.3 Å². The zero-order valence-electron chi connectivity index (χ0n) is 11.8. The van der Waals surface area contributed by atoms with E-state index in [1.165, 1.54) is 0 Å². The van der Waals surface area contributed by atoms with Gasteiger partial charge in [0.05, 0.1) is 7.11 Å². The molecule has 2 rings (SSSR count). The fourth-order valence-corrected chi connectivity index (χ4v) is 1.62. The van der Waals surface area contributed by atoms with Crippen LogP contribution in [0.15, 0.2) is 30.3 Å². The predicted octanol–water partition coefficient (Wildman–Crippen LogP) is 2.31. The van der Waals surface area contributed by atoms with Crippen LogP contribution in [-0.2, 0) is 6.54 Å². The molecule has 0 saturated heterocycles. The summed E-state index contributed by atoms with van der Waals surface area (Å²) in [5.41, 5.74) is 1.16. The van der Waals surface area contributed by atoms with Gasteiger partial charge in [0.15, 0.2) is 0 Å². The average molecular weight is 273 g/mol. The van der Waals surface area contributed by atoms with Crippen LogP contribution in [0.2, 0.25) is 0 Å². The van der Waals surface area contributed by atoms with Gasteiger partial charge in [-0.2, -0.15) is 15.0 Å². The molecular formula is C14H19N5O. The standard InChI is InChI=1S/C14H19N5O/c1-3-9-15-12-17-13(19-14(18-12)20-2)16-10-11-7-5-4-6-8-11/h4-8H,3,9-10H2,1-2H3,(H2,15,16,17,18,19). The normalized spacial score (nSPS) is 10.1. The van der Waals surface area contributed by atoms with Gasteiger partial charge in [-0.3, -0.25) is 0 Å². The molecule has 2 N–H and O–H groups in total. The van der Waals surface area contributed by atoms with Crippen LogP contribution in [0.1, 0.15) is 18.9 Å². The molecule has 106 valence electrons. The van der Waals surface area contributed by atoms with Gasteiger partial charge in [-0.1, -0.05) is 37.3 Å². The van der Waals surface area contributed by atoms with Crippen molar-refractivity contribution in [1.29, 1.82) is 0 Å². The summed E-state index contributed by atoms with van der Waals surface area (Å²) in [6.45, 7) is 3.55. The van der Waals surface area contributed by atoms with Crippen molar-refractivity contribution >= 4 is 11.9 Å². The number of anilines is 2. The van der Waals surface area contributed by atoms with Crippen molar-refractivity contribution in [2.24, 2.45) is 0 Å². The van der Waals surface area contributed by atoms with Gasteiger partial charge in [-0.05, 0) is 12.0 Å². The van der Waals surface area contributed by atoms with Crippen LogP contribution in [0.25, 0.3) is 0 Å². The summed E-state index contributed by atoms with van der Waals surface area (Å²) in [6.07, 6.45) is 1.00. The first-order valence-corrected chi connectivity index (χ1v) is 6.63. The van der Waals surface area contributed by atoms with Gasteiger partial charge >= 0.3 is 6.01 Å². The van der Waals surface area contributed by atoms with Crippen molar-refractivity contribution in [2.75, 3.05) is 24.3 Å². The van der Waals surface area contributed by atoms with Gasteiger partial charge in [-0.15, -0.1) is 0 Å². The summed E-state index contributed by atoms with van der Waals surface area (Å²) in [7, 11) is 1.54. The predicted molar refractivity (Wildman–Crippen MR) is 78.9 cm³/mol. The lowest BCUT2D eigenvalue weighted by Crippen LogP contribution is -2.10. The van der Waals surface area contributed by atoms with E-state index in [0.29, 0.717) is 24.5 Å². The van der Waals surface area contributed by atoms with Crippen LogP contribution in [0, 0.1) is 0 Å². The zero-order valence-corrected chi connectivity index (χ0v) is 11.8. The van der Waals surface area contributed by atoms with Gasteiger partial charge in [0.1, 0.15) is 0 Å². The van der Waals surface area contributed by atoms with E-state index in [-0.39, 0.29) is 0 Å². The Kier molecular flexibility index (Phi) is 5.11. The smallest absolute Gasteiger partial charge is 0.322 e. The highest BCUT2D eigenvalue weighted by Crippen LogP contribution is 2.11. The molecule has 0 atom stereocenters. The maximum absolute atomic E-state index is 5.09. The Morgan fingerprint density at radius 1 is 1.00 bits per heavy atom. The van der Waals surface area contributed by atoms with Gasteiger partial charge in [-0.25, -0.2) is 0 Å². The number of nitrogens with zero attached hydrogens (tertiary/aromatic N) is 3. The van der Waals surface area contributed by atoms with E-state index in [1.54, 1.807) is 7.11 Å². The van der Waals surface area contributed by atoms with E-state index in [4.69, 9.17) is 4.74 Å². The van der Waals surface area contributed by atoms with Crippen molar-refractivity contribution in [1.82, 2.24) is 15.0 Å². The van der Waals surface area contributed by atoms with Crippen molar-refractivity contribution < 1.29 is 4.74 Å². The average Bonchev–Trinajstić information content (AvgIpc) is 2.51. The summed E-state index contributed by atoms with van der Waals surface area (Å²) in [5.74, 6) is 1.02. The first-order valence-electron chi connectivity index (χ1n) is 6.63. The number of methoxy groups -OCH3 is 1. The maximum Gasteiger partial charge on any atom is 0.322 e. The molecule has 0 radical (unpaired) electrons. The van der Waals surface area contributed by atoms with Gasteiger partial charge in [0.2, 0.25) is 11.9 Å². The second-order valence-corrected chi connectivity index (χ2v) is 4.24. The first-order chi connectivity index (χ1) is 9.81. The lowest BCUT2D eigenvalue weighted by Gasteiger charge is -2.09. The molecular weight excluding hydrogens is 254 g/mol. The topological polar surface area (TPSA) is 72.0 Å². The molecule has 0 amide bonds. The van der Waals surface area contributed by atoms with Gasteiger partial charge in [0.25, 0.3) is 0 Å². The van der Waals surface area contributed by atoms with E-state index in [9.17, 15) is 0 Å². The van der Waals surface area contributed by atoms with Gasteiger partial charge < -0.3 is 15.4 Å². The number of rotatable bonds is 7. The second kappa shape index (κ2) is 7.28. The lowest BCUT2D eigenvalue weighted by molar-refractivity contribution is 0.379. The Balaban J connectivity index is 2.06. The quantitative estimate of drug-likeness (QED) is 0.806. The fraction of sp³-hybridized carbons (Fsp3) is 0.357. The summed E-state index contributed by atoms with van der Waals surface area (Å²) >= 11 is 0. The summed E-state index contributed by atoms with van der Waals surface area (Å²) in [6, 6.07) is 10.4. The number of nitrogens with one attached hydrogen (secondary N) is 2. The zero-order chi connectivity index (χ0) is 14.2. The molecule has 0 fully saturated rings. The third kappa shape index (κ3) is 4.08. The molecule has 1 heterocycles. The lowest BCUT2D eigenvalue weighted by atomic mass is 10.2. The molecule has 6 nitrogen and oxygen atoms in total. The van der Waals surface area contributed by atoms with Crippen LogP contribution in [0.5, 0.6) is 6.01 Å². The second-order valence-electron chi connectivity index (χ2n) is 4.24. The Hall–Kier alpha value is -2.37. The molecule has 0 spiro atoms.